The van der Waals surface area contributed by atoms with Gasteiger partial charge in [0.15, 0.2) is 0 Å². The maximum Gasteiger partial charge on any atom is 0.228 e. The van der Waals surface area contributed by atoms with Crippen molar-refractivity contribution >= 4 is 11.7 Å². The molecule has 5 heterocycles. The molecule has 0 unspecified atom stereocenters. The lowest BCUT2D eigenvalue weighted by atomic mass is 9.94. The van der Waals surface area contributed by atoms with E-state index in [0.717, 1.165) is 61.8 Å². The van der Waals surface area contributed by atoms with Crippen LogP contribution in [0.5, 0.6) is 0 Å². The molecule has 0 spiro atoms. The summed E-state index contributed by atoms with van der Waals surface area (Å²) < 4.78 is 0. The number of pyridine rings is 1. The zero-order valence-electron chi connectivity index (χ0n) is 16.1. The van der Waals surface area contributed by atoms with Crippen LogP contribution < -0.4 is 4.90 Å². The topological polar surface area (TPSA) is 62.2 Å². The summed E-state index contributed by atoms with van der Waals surface area (Å²) in [6.07, 6.45) is 5.72. The van der Waals surface area contributed by atoms with Crippen LogP contribution in [0.1, 0.15) is 43.4 Å². The average Bonchev–Trinajstić information content (AvgIpc) is 2.95. The molecule has 0 saturated carbocycles. The molecule has 3 aliphatic rings. The fourth-order valence-corrected chi connectivity index (χ4v) is 4.21. The van der Waals surface area contributed by atoms with Gasteiger partial charge in [0.05, 0.1) is 18.2 Å². The Morgan fingerprint density at radius 2 is 2.07 bits per heavy atom. The molecular weight excluding hydrogens is 338 g/mol. The van der Waals surface area contributed by atoms with Crippen molar-refractivity contribution < 1.29 is 4.79 Å². The Hall–Kier alpha value is -2.50. The number of amides is 1. The van der Waals surface area contributed by atoms with E-state index in [-0.39, 0.29) is 17.9 Å². The van der Waals surface area contributed by atoms with Crippen molar-refractivity contribution in [1.29, 1.82) is 0 Å². The standard InChI is InChI=1S/C21H27N5O/c1-3-6-19-23-15(2)11-20(24-19)25-12-16-8-9-18(14-25)26(21(16)27)13-17-7-4-5-10-22-17/h4-5,7,10-11,16,18H,3,6,8-9,12-14H2,1-2H3/t16-,18+/m0/s1. The van der Waals surface area contributed by atoms with E-state index < -0.39 is 0 Å². The van der Waals surface area contributed by atoms with Crippen molar-refractivity contribution in [2.45, 2.75) is 52.1 Å². The number of hydrogen-bond donors (Lipinski definition) is 0. The van der Waals surface area contributed by atoms with Gasteiger partial charge in [-0.25, -0.2) is 9.97 Å². The lowest BCUT2D eigenvalue weighted by Gasteiger charge is -2.35. The highest BCUT2D eigenvalue weighted by molar-refractivity contribution is 5.81. The minimum absolute atomic E-state index is 0.0392. The molecule has 0 N–H and O–H groups in total. The second-order valence-corrected chi connectivity index (χ2v) is 7.65. The number of aryl methyl sites for hydroxylation is 2. The molecular formula is C21H27N5O. The zero-order chi connectivity index (χ0) is 18.8. The highest BCUT2D eigenvalue weighted by Gasteiger charge is 2.41. The monoisotopic (exact) mass is 365 g/mol. The Bertz CT molecular complexity index is 809. The number of fused-ring (bicyclic) bond motifs is 4. The molecule has 6 nitrogen and oxygen atoms in total. The van der Waals surface area contributed by atoms with Gasteiger partial charge in [-0.15, -0.1) is 0 Å². The van der Waals surface area contributed by atoms with Gasteiger partial charge in [-0.2, -0.15) is 0 Å². The van der Waals surface area contributed by atoms with E-state index in [1.165, 1.54) is 0 Å². The number of carbonyl (C=O) groups is 1. The van der Waals surface area contributed by atoms with E-state index in [2.05, 4.69) is 27.9 Å². The van der Waals surface area contributed by atoms with Crippen molar-refractivity contribution in [1.82, 2.24) is 19.9 Å². The largest absolute Gasteiger partial charge is 0.354 e. The van der Waals surface area contributed by atoms with E-state index in [0.29, 0.717) is 6.54 Å². The summed E-state index contributed by atoms with van der Waals surface area (Å²) in [5.74, 6) is 2.17. The Kier molecular flexibility index (Phi) is 5.05. The van der Waals surface area contributed by atoms with Crippen molar-refractivity contribution in [3.8, 4) is 0 Å². The molecule has 3 fully saturated rings. The number of hydrogen-bond acceptors (Lipinski definition) is 5. The lowest BCUT2D eigenvalue weighted by molar-refractivity contribution is -0.140. The van der Waals surface area contributed by atoms with Gasteiger partial charge in [-0.05, 0) is 38.3 Å². The predicted octanol–water partition coefficient (Wildman–Crippen LogP) is 2.76. The molecule has 2 aromatic rings. The summed E-state index contributed by atoms with van der Waals surface area (Å²) in [4.78, 5) is 31.2. The van der Waals surface area contributed by atoms with Gasteiger partial charge in [0.1, 0.15) is 11.6 Å². The van der Waals surface area contributed by atoms with Crippen LogP contribution >= 0.6 is 0 Å². The number of piperidine rings is 1. The number of aromatic nitrogens is 3. The van der Waals surface area contributed by atoms with Gasteiger partial charge < -0.3 is 9.80 Å². The third-order valence-corrected chi connectivity index (χ3v) is 5.54. The molecule has 5 rings (SSSR count). The van der Waals surface area contributed by atoms with Gasteiger partial charge in [0.25, 0.3) is 0 Å². The summed E-state index contributed by atoms with van der Waals surface area (Å²) in [5, 5.41) is 0. The third-order valence-electron chi connectivity index (χ3n) is 5.54. The van der Waals surface area contributed by atoms with Gasteiger partial charge in [-0.1, -0.05) is 13.0 Å². The van der Waals surface area contributed by atoms with Crippen LogP contribution in [0.3, 0.4) is 0 Å². The van der Waals surface area contributed by atoms with Crippen LogP contribution in [0, 0.1) is 12.8 Å². The molecule has 2 bridgehead atoms. The SMILES string of the molecule is CCCc1nc(C)cc(N2C[C@@H]3CC[C@H](C2)N(Cc2ccccn2)C3=O)n1. The van der Waals surface area contributed by atoms with E-state index in [1.807, 2.05) is 30.0 Å². The van der Waals surface area contributed by atoms with Crippen molar-refractivity contribution in [3.05, 3.63) is 47.7 Å². The highest BCUT2D eigenvalue weighted by atomic mass is 16.2. The van der Waals surface area contributed by atoms with Crippen LogP contribution in [-0.4, -0.2) is 44.9 Å². The summed E-state index contributed by atoms with van der Waals surface area (Å²) in [7, 11) is 0. The van der Waals surface area contributed by atoms with E-state index in [1.54, 1.807) is 6.20 Å². The fourth-order valence-electron chi connectivity index (χ4n) is 4.21. The molecule has 0 aromatic carbocycles. The first kappa shape index (κ1) is 17.9. The molecule has 0 radical (unpaired) electrons. The summed E-state index contributed by atoms with van der Waals surface area (Å²) in [6, 6.07) is 8.15. The Labute approximate surface area is 160 Å². The number of anilines is 1. The van der Waals surface area contributed by atoms with Gasteiger partial charge >= 0.3 is 0 Å². The maximum absolute atomic E-state index is 13.1. The Balaban J connectivity index is 1.58. The average molecular weight is 365 g/mol. The van der Waals surface area contributed by atoms with Crippen LogP contribution in [0.25, 0.3) is 0 Å². The molecule has 27 heavy (non-hydrogen) atoms. The first-order valence-corrected chi connectivity index (χ1v) is 9.94. The van der Waals surface area contributed by atoms with Gasteiger partial charge in [0, 0.05) is 43.5 Å². The first-order chi connectivity index (χ1) is 13.1. The second-order valence-electron chi connectivity index (χ2n) is 7.65. The molecule has 1 amide bonds. The van der Waals surface area contributed by atoms with E-state index in [4.69, 9.17) is 4.98 Å². The second kappa shape index (κ2) is 7.62. The minimum atomic E-state index is 0.0392. The normalized spacial score (nSPS) is 22.2. The first-order valence-electron chi connectivity index (χ1n) is 9.94. The molecule has 3 saturated heterocycles. The maximum atomic E-state index is 13.1. The van der Waals surface area contributed by atoms with E-state index >= 15 is 0 Å². The van der Waals surface area contributed by atoms with Crippen molar-refractivity contribution in [2.24, 2.45) is 5.92 Å². The minimum Gasteiger partial charge on any atom is -0.354 e. The van der Waals surface area contributed by atoms with Crippen LogP contribution in [0.4, 0.5) is 5.82 Å². The fraction of sp³-hybridized carbons (Fsp3) is 0.524. The predicted molar refractivity (Wildman–Crippen MR) is 104 cm³/mol. The molecule has 142 valence electrons. The van der Waals surface area contributed by atoms with Crippen LogP contribution in [0.15, 0.2) is 30.5 Å². The third kappa shape index (κ3) is 3.80. The smallest absolute Gasteiger partial charge is 0.228 e. The van der Waals surface area contributed by atoms with Crippen LogP contribution in [0.2, 0.25) is 0 Å². The highest BCUT2D eigenvalue weighted by Crippen LogP contribution is 2.32. The van der Waals surface area contributed by atoms with Crippen molar-refractivity contribution in [2.75, 3.05) is 18.0 Å². The lowest BCUT2D eigenvalue weighted by Crippen LogP contribution is -2.47. The molecule has 0 aliphatic carbocycles. The number of nitrogens with zero attached hydrogens (tertiary/aromatic N) is 5. The zero-order valence-corrected chi connectivity index (χ0v) is 16.1. The summed E-state index contributed by atoms with van der Waals surface area (Å²) in [6.45, 7) is 6.34. The molecule has 3 aliphatic heterocycles. The number of carbonyl (C=O) groups excluding carboxylic acids is 1. The van der Waals surface area contributed by atoms with E-state index in [9.17, 15) is 4.79 Å². The summed E-state index contributed by atoms with van der Waals surface area (Å²) >= 11 is 0. The quantitative estimate of drug-likeness (QED) is 0.815. The molecule has 2 atom stereocenters. The Morgan fingerprint density at radius 3 is 2.85 bits per heavy atom. The van der Waals surface area contributed by atoms with Gasteiger partial charge in [-0.3, -0.25) is 9.78 Å². The van der Waals surface area contributed by atoms with Crippen molar-refractivity contribution in [3.63, 3.8) is 0 Å². The van der Waals surface area contributed by atoms with Crippen LogP contribution in [-0.2, 0) is 17.8 Å². The molecule has 2 aromatic heterocycles. The molecule has 6 heteroatoms. The van der Waals surface area contributed by atoms with Gasteiger partial charge in [0.2, 0.25) is 5.91 Å². The summed E-state index contributed by atoms with van der Waals surface area (Å²) in [5.41, 5.74) is 1.95. The number of rotatable bonds is 5. The Morgan fingerprint density at radius 1 is 1.19 bits per heavy atom.